The van der Waals surface area contributed by atoms with Crippen molar-refractivity contribution in [3.05, 3.63) is 59.2 Å². The average Bonchev–Trinajstić information content (AvgIpc) is 2.47. The molecule has 0 aliphatic rings. The number of halogens is 3. The Labute approximate surface area is 125 Å². The SMILES string of the molecule is CC(O)c1ccc(Oc2cccc(C(F)(F)F)c2)c(C#N)c1. The Balaban J connectivity index is 2.34. The largest absolute Gasteiger partial charge is 0.456 e. The molecule has 0 bridgehead atoms. The highest BCUT2D eigenvalue weighted by molar-refractivity contribution is 5.48. The Morgan fingerprint density at radius 1 is 1.18 bits per heavy atom. The van der Waals surface area contributed by atoms with E-state index in [4.69, 9.17) is 10.00 Å². The summed E-state index contributed by atoms with van der Waals surface area (Å²) in [6.45, 7) is 1.55. The van der Waals surface area contributed by atoms with Crippen LogP contribution >= 0.6 is 0 Å². The van der Waals surface area contributed by atoms with Gasteiger partial charge < -0.3 is 9.84 Å². The number of hydrogen-bond acceptors (Lipinski definition) is 3. The zero-order valence-electron chi connectivity index (χ0n) is 11.6. The van der Waals surface area contributed by atoms with Gasteiger partial charge in [-0.25, -0.2) is 0 Å². The van der Waals surface area contributed by atoms with E-state index in [0.29, 0.717) is 5.56 Å². The minimum Gasteiger partial charge on any atom is -0.456 e. The van der Waals surface area contributed by atoms with Crippen LogP contribution in [0.15, 0.2) is 42.5 Å². The predicted octanol–water partition coefficient (Wildman–Crippen LogP) is 4.42. The molecule has 0 aromatic heterocycles. The van der Waals surface area contributed by atoms with E-state index < -0.39 is 17.8 Å². The highest BCUT2D eigenvalue weighted by Gasteiger charge is 2.30. The number of rotatable bonds is 3. The topological polar surface area (TPSA) is 53.2 Å². The van der Waals surface area contributed by atoms with Crippen LogP contribution in [-0.2, 0) is 6.18 Å². The van der Waals surface area contributed by atoms with E-state index in [-0.39, 0.29) is 17.1 Å². The van der Waals surface area contributed by atoms with E-state index in [1.807, 2.05) is 6.07 Å². The van der Waals surface area contributed by atoms with E-state index in [1.54, 1.807) is 13.0 Å². The molecule has 0 amide bonds. The van der Waals surface area contributed by atoms with Gasteiger partial charge >= 0.3 is 6.18 Å². The van der Waals surface area contributed by atoms with Gasteiger partial charge in [0.15, 0.2) is 0 Å². The van der Waals surface area contributed by atoms with Gasteiger partial charge in [-0.2, -0.15) is 18.4 Å². The highest BCUT2D eigenvalue weighted by atomic mass is 19.4. The number of hydrogen-bond donors (Lipinski definition) is 1. The van der Waals surface area contributed by atoms with E-state index >= 15 is 0 Å². The van der Waals surface area contributed by atoms with Crippen LogP contribution in [0.4, 0.5) is 13.2 Å². The van der Waals surface area contributed by atoms with Crippen LogP contribution in [0.3, 0.4) is 0 Å². The van der Waals surface area contributed by atoms with Crippen LogP contribution in [0, 0.1) is 11.3 Å². The molecule has 6 heteroatoms. The number of nitrogens with zero attached hydrogens (tertiary/aromatic N) is 1. The van der Waals surface area contributed by atoms with E-state index in [2.05, 4.69) is 0 Å². The molecule has 0 saturated heterocycles. The number of nitriles is 1. The van der Waals surface area contributed by atoms with Crippen molar-refractivity contribution in [2.24, 2.45) is 0 Å². The number of alkyl halides is 3. The van der Waals surface area contributed by atoms with E-state index in [9.17, 15) is 18.3 Å². The molecule has 0 aliphatic carbocycles. The van der Waals surface area contributed by atoms with Crippen LogP contribution in [0.25, 0.3) is 0 Å². The molecule has 0 fully saturated rings. The minimum atomic E-state index is -4.46. The Kier molecular flexibility index (Phi) is 4.38. The van der Waals surface area contributed by atoms with Crippen LogP contribution in [0.1, 0.15) is 29.7 Å². The zero-order chi connectivity index (χ0) is 16.3. The van der Waals surface area contributed by atoms with Gasteiger partial charge in [-0.1, -0.05) is 12.1 Å². The smallest absolute Gasteiger partial charge is 0.416 e. The number of benzene rings is 2. The molecule has 1 N–H and O–H groups in total. The fourth-order valence-electron chi connectivity index (χ4n) is 1.85. The summed E-state index contributed by atoms with van der Waals surface area (Å²) < 4.78 is 43.3. The molecule has 0 saturated carbocycles. The maximum atomic E-state index is 12.7. The summed E-state index contributed by atoms with van der Waals surface area (Å²) in [5, 5.41) is 18.6. The molecule has 3 nitrogen and oxygen atoms in total. The lowest BCUT2D eigenvalue weighted by molar-refractivity contribution is -0.137. The highest BCUT2D eigenvalue weighted by Crippen LogP contribution is 2.33. The third kappa shape index (κ3) is 3.57. The van der Waals surface area contributed by atoms with Crippen molar-refractivity contribution in [1.29, 1.82) is 5.26 Å². The summed E-state index contributed by atoms with van der Waals surface area (Å²) in [7, 11) is 0. The summed E-state index contributed by atoms with van der Waals surface area (Å²) in [6.07, 6.45) is -5.22. The third-order valence-electron chi connectivity index (χ3n) is 3.00. The van der Waals surface area contributed by atoms with Gasteiger partial charge in [0.2, 0.25) is 0 Å². The van der Waals surface area contributed by atoms with Gasteiger partial charge in [-0.05, 0) is 42.8 Å². The molecule has 0 radical (unpaired) electrons. The Hall–Kier alpha value is -2.52. The van der Waals surface area contributed by atoms with Crippen molar-refractivity contribution in [1.82, 2.24) is 0 Å². The molecule has 1 unspecified atom stereocenters. The van der Waals surface area contributed by atoms with Gasteiger partial charge in [0.05, 0.1) is 17.2 Å². The van der Waals surface area contributed by atoms with Gasteiger partial charge in [0, 0.05) is 0 Å². The predicted molar refractivity (Wildman–Crippen MR) is 73.3 cm³/mol. The van der Waals surface area contributed by atoms with Crippen molar-refractivity contribution in [2.45, 2.75) is 19.2 Å². The maximum absolute atomic E-state index is 12.7. The molecule has 114 valence electrons. The first-order valence-corrected chi connectivity index (χ1v) is 6.38. The zero-order valence-corrected chi connectivity index (χ0v) is 11.6. The second kappa shape index (κ2) is 6.08. The lowest BCUT2D eigenvalue weighted by Gasteiger charge is -2.12. The summed E-state index contributed by atoms with van der Waals surface area (Å²) in [4.78, 5) is 0. The van der Waals surface area contributed by atoms with Crippen molar-refractivity contribution >= 4 is 0 Å². The summed E-state index contributed by atoms with van der Waals surface area (Å²) >= 11 is 0. The van der Waals surface area contributed by atoms with Crippen LogP contribution < -0.4 is 4.74 Å². The summed E-state index contributed by atoms with van der Waals surface area (Å²) in [5.74, 6) is 0.113. The molecule has 2 rings (SSSR count). The molecule has 0 spiro atoms. The molecule has 22 heavy (non-hydrogen) atoms. The molecular formula is C16H12F3NO2. The van der Waals surface area contributed by atoms with Crippen LogP contribution in [0.5, 0.6) is 11.5 Å². The van der Waals surface area contributed by atoms with Gasteiger partial charge in [0.25, 0.3) is 0 Å². The first-order valence-electron chi connectivity index (χ1n) is 6.38. The average molecular weight is 307 g/mol. The summed E-state index contributed by atoms with van der Waals surface area (Å²) in [5.41, 5.74) is -0.173. The second-order valence-corrected chi connectivity index (χ2v) is 4.67. The Morgan fingerprint density at radius 2 is 1.91 bits per heavy atom. The third-order valence-corrected chi connectivity index (χ3v) is 3.00. The van der Waals surface area contributed by atoms with E-state index in [0.717, 1.165) is 12.1 Å². The standard InChI is InChI=1S/C16H12F3NO2/c1-10(21)11-5-6-15(12(7-11)9-20)22-14-4-2-3-13(8-14)16(17,18)19/h2-8,10,21H,1H3. The molecule has 0 aliphatic heterocycles. The van der Waals surface area contributed by atoms with Crippen molar-refractivity contribution in [3.63, 3.8) is 0 Å². The fourth-order valence-corrected chi connectivity index (χ4v) is 1.85. The minimum absolute atomic E-state index is 0.0175. The van der Waals surface area contributed by atoms with Crippen LogP contribution in [-0.4, -0.2) is 5.11 Å². The van der Waals surface area contributed by atoms with Crippen molar-refractivity contribution in [2.75, 3.05) is 0 Å². The molecule has 1 atom stereocenters. The monoisotopic (exact) mass is 307 g/mol. The molecule has 2 aromatic rings. The Morgan fingerprint density at radius 3 is 2.50 bits per heavy atom. The summed E-state index contributed by atoms with van der Waals surface area (Å²) in [6, 6.07) is 10.7. The Bertz CT molecular complexity index is 718. The van der Waals surface area contributed by atoms with Crippen molar-refractivity contribution in [3.8, 4) is 17.6 Å². The number of aliphatic hydroxyl groups is 1. The lowest BCUT2D eigenvalue weighted by Crippen LogP contribution is -2.04. The lowest BCUT2D eigenvalue weighted by atomic mass is 10.1. The van der Waals surface area contributed by atoms with E-state index in [1.165, 1.54) is 24.3 Å². The second-order valence-electron chi connectivity index (χ2n) is 4.67. The van der Waals surface area contributed by atoms with Crippen molar-refractivity contribution < 1.29 is 23.0 Å². The number of aliphatic hydroxyl groups excluding tert-OH is 1. The molecule has 2 aromatic carbocycles. The van der Waals surface area contributed by atoms with Crippen LogP contribution in [0.2, 0.25) is 0 Å². The van der Waals surface area contributed by atoms with Gasteiger partial charge in [0.1, 0.15) is 17.6 Å². The number of ether oxygens (including phenoxy) is 1. The first kappa shape index (κ1) is 15.9. The normalized spacial score (nSPS) is 12.5. The van der Waals surface area contributed by atoms with Gasteiger partial charge in [-0.3, -0.25) is 0 Å². The molecular weight excluding hydrogens is 295 g/mol. The molecule has 0 heterocycles. The maximum Gasteiger partial charge on any atom is 0.416 e. The first-order chi connectivity index (χ1) is 10.3. The quantitative estimate of drug-likeness (QED) is 0.913. The fraction of sp³-hybridized carbons (Fsp3) is 0.188. The van der Waals surface area contributed by atoms with Gasteiger partial charge in [-0.15, -0.1) is 0 Å².